The Labute approximate surface area is 144 Å². The van der Waals surface area contributed by atoms with Crippen LogP contribution in [-0.2, 0) is 14.2 Å². The summed E-state index contributed by atoms with van der Waals surface area (Å²) in [5, 5.41) is 0. The second-order valence-electron chi connectivity index (χ2n) is 6.31. The van der Waals surface area contributed by atoms with Gasteiger partial charge in [0.1, 0.15) is 0 Å². The van der Waals surface area contributed by atoms with Crippen molar-refractivity contribution in [3.63, 3.8) is 0 Å². The van der Waals surface area contributed by atoms with Gasteiger partial charge in [-0.1, -0.05) is 58.4 Å². The summed E-state index contributed by atoms with van der Waals surface area (Å²) < 4.78 is 17.0. The van der Waals surface area contributed by atoms with Crippen molar-refractivity contribution in [2.24, 2.45) is 5.92 Å². The molecule has 0 N–H and O–H groups in total. The third-order valence-corrected chi connectivity index (χ3v) is 4.76. The van der Waals surface area contributed by atoms with E-state index in [0.29, 0.717) is 5.92 Å². The Morgan fingerprint density at radius 1 is 0.870 bits per heavy atom. The lowest BCUT2D eigenvalue weighted by Gasteiger charge is -2.38. The lowest BCUT2D eigenvalue weighted by molar-refractivity contribution is -0.244. The van der Waals surface area contributed by atoms with E-state index in [1.54, 1.807) is 20.5 Å². The summed E-state index contributed by atoms with van der Waals surface area (Å²) in [5.41, 5.74) is 0. The average molecular weight is 329 g/mol. The van der Waals surface area contributed by atoms with Crippen LogP contribution in [0.3, 0.4) is 0 Å². The third-order valence-electron chi connectivity index (χ3n) is 4.76. The lowest BCUT2D eigenvalue weighted by Crippen LogP contribution is -2.41. The van der Waals surface area contributed by atoms with E-state index in [9.17, 15) is 0 Å². The van der Waals surface area contributed by atoms with Crippen LogP contribution in [-0.4, -0.2) is 26.6 Å². The summed E-state index contributed by atoms with van der Waals surface area (Å²) >= 11 is 0. The molecular formula is C20H40O3. The first kappa shape index (κ1) is 22.5. The zero-order valence-electron chi connectivity index (χ0n) is 16.2. The normalized spacial score (nSPS) is 13.6. The van der Waals surface area contributed by atoms with E-state index in [0.717, 1.165) is 25.9 Å². The zero-order chi connectivity index (χ0) is 17.4. The molecule has 138 valence electrons. The maximum atomic E-state index is 5.80. The van der Waals surface area contributed by atoms with Crippen LogP contribution in [0, 0.1) is 5.92 Å². The molecule has 0 rings (SSSR count). The van der Waals surface area contributed by atoms with Gasteiger partial charge in [0.05, 0.1) is 12.9 Å². The van der Waals surface area contributed by atoms with E-state index in [-0.39, 0.29) is 0 Å². The molecule has 1 unspecified atom stereocenters. The van der Waals surface area contributed by atoms with Gasteiger partial charge >= 0.3 is 0 Å². The average Bonchev–Trinajstić information content (AvgIpc) is 2.58. The number of hydrogen-bond acceptors (Lipinski definition) is 3. The summed E-state index contributed by atoms with van der Waals surface area (Å²) in [6, 6.07) is 0. The van der Waals surface area contributed by atoms with Gasteiger partial charge in [-0.3, -0.25) is 0 Å². The minimum absolute atomic E-state index is 0.433. The van der Waals surface area contributed by atoms with Gasteiger partial charge in [0.15, 0.2) is 5.79 Å². The second-order valence-corrected chi connectivity index (χ2v) is 6.31. The van der Waals surface area contributed by atoms with Crippen LogP contribution < -0.4 is 0 Å². The SMILES string of the molecule is CC=COCCCC(CCCCCCCC)C(CC)(OC)OC. The summed E-state index contributed by atoms with van der Waals surface area (Å²) in [7, 11) is 3.55. The smallest absolute Gasteiger partial charge is 0.170 e. The van der Waals surface area contributed by atoms with Crippen molar-refractivity contribution in [3.8, 4) is 0 Å². The van der Waals surface area contributed by atoms with Crippen LogP contribution in [0.5, 0.6) is 0 Å². The first-order chi connectivity index (χ1) is 11.2. The van der Waals surface area contributed by atoms with Crippen LogP contribution in [0.15, 0.2) is 12.3 Å². The highest BCUT2D eigenvalue weighted by Crippen LogP contribution is 2.34. The highest BCUT2D eigenvalue weighted by atomic mass is 16.7. The molecule has 0 saturated carbocycles. The fraction of sp³-hybridized carbons (Fsp3) is 0.900. The van der Waals surface area contributed by atoms with Gasteiger partial charge < -0.3 is 14.2 Å². The van der Waals surface area contributed by atoms with Crippen LogP contribution >= 0.6 is 0 Å². The maximum absolute atomic E-state index is 5.80. The summed E-state index contributed by atoms with van der Waals surface area (Å²) in [5.74, 6) is -0.00724. The predicted molar refractivity (Wildman–Crippen MR) is 98.5 cm³/mol. The number of unbranched alkanes of at least 4 members (excludes halogenated alkanes) is 5. The molecule has 0 amide bonds. The second kappa shape index (κ2) is 15.0. The number of methoxy groups -OCH3 is 2. The number of ether oxygens (including phenoxy) is 3. The Kier molecular flexibility index (Phi) is 14.7. The first-order valence-corrected chi connectivity index (χ1v) is 9.53. The molecule has 0 bridgehead atoms. The van der Waals surface area contributed by atoms with Crippen molar-refractivity contribution in [2.45, 2.75) is 90.8 Å². The third kappa shape index (κ3) is 9.36. The largest absolute Gasteiger partial charge is 0.502 e. The van der Waals surface area contributed by atoms with Gasteiger partial charge in [0, 0.05) is 20.1 Å². The van der Waals surface area contributed by atoms with Gasteiger partial charge in [0.2, 0.25) is 0 Å². The molecule has 0 radical (unpaired) electrons. The Morgan fingerprint density at radius 2 is 1.48 bits per heavy atom. The van der Waals surface area contributed by atoms with E-state index in [4.69, 9.17) is 14.2 Å². The topological polar surface area (TPSA) is 27.7 Å². The quantitative estimate of drug-likeness (QED) is 0.195. The predicted octanol–water partition coefficient (Wildman–Crippen LogP) is 6.08. The van der Waals surface area contributed by atoms with E-state index in [1.807, 2.05) is 13.0 Å². The van der Waals surface area contributed by atoms with E-state index < -0.39 is 5.79 Å². The van der Waals surface area contributed by atoms with Crippen LogP contribution in [0.4, 0.5) is 0 Å². The van der Waals surface area contributed by atoms with Gasteiger partial charge in [0.25, 0.3) is 0 Å². The number of allylic oxidation sites excluding steroid dienone is 1. The molecule has 0 spiro atoms. The van der Waals surface area contributed by atoms with Crippen LogP contribution in [0.25, 0.3) is 0 Å². The van der Waals surface area contributed by atoms with Crippen molar-refractivity contribution < 1.29 is 14.2 Å². The molecule has 0 aliphatic heterocycles. The monoisotopic (exact) mass is 328 g/mol. The molecular weight excluding hydrogens is 288 g/mol. The van der Waals surface area contributed by atoms with Crippen molar-refractivity contribution in [3.05, 3.63) is 12.3 Å². The molecule has 0 heterocycles. The molecule has 0 saturated heterocycles. The highest BCUT2D eigenvalue weighted by Gasteiger charge is 2.36. The Morgan fingerprint density at radius 3 is 2.04 bits per heavy atom. The van der Waals surface area contributed by atoms with E-state index in [1.165, 1.54) is 44.9 Å². The van der Waals surface area contributed by atoms with Crippen molar-refractivity contribution >= 4 is 0 Å². The fourth-order valence-corrected chi connectivity index (χ4v) is 3.33. The molecule has 1 atom stereocenters. The fourth-order valence-electron chi connectivity index (χ4n) is 3.33. The maximum Gasteiger partial charge on any atom is 0.170 e. The number of rotatable bonds is 16. The van der Waals surface area contributed by atoms with Gasteiger partial charge in [-0.25, -0.2) is 0 Å². The minimum atomic E-state index is -0.440. The van der Waals surface area contributed by atoms with Gasteiger partial charge in [-0.2, -0.15) is 0 Å². The van der Waals surface area contributed by atoms with E-state index in [2.05, 4.69) is 13.8 Å². The number of hydrogen-bond donors (Lipinski definition) is 0. The molecule has 0 aromatic heterocycles. The lowest BCUT2D eigenvalue weighted by atomic mass is 9.86. The molecule has 0 fully saturated rings. The summed E-state index contributed by atoms with van der Waals surface area (Å²) in [4.78, 5) is 0. The van der Waals surface area contributed by atoms with Gasteiger partial charge in [-0.15, -0.1) is 0 Å². The molecule has 3 nitrogen and oxygen atoms in total. The molecule has 3 heteroatoms. The standard InChI is InChI=1S/C20H40O3/c1-6-9-10-11-12-13-15-19(16-14-18-23-17-7-2)20(8-3,21-4)22-5/h7,17,19H,6,8-16,18H2,1-5H3. The Bertz CT molecular complexity index is 264. The molecule has 23 heavy (non-hydrogen) atoms. The summed E-state index contributed by atoms with van der Waals surface area (Å²) in [6.07, 6.45) is 15.8. The van der Waals surface area contributed by atoms with Crippen molar-refractivity contribution in [1.29, 1.82) is 0 Å². The van der Waals surface area contributed by atoms with E-state index >= 15 is 0 Å². The molecule has 0 aliphatic rings. The Hall–Kier alpha value is -0.540. The minimum Gasteiger partial charge on any atom is -0.502 e. The zero-order valence-corrected chi connectivity index (χ0v) is 16.2. The van der Waals surface area contributed by atoms with Crippen molar-refractivity contribution in [2.75, 3.05) is 20.8 Å². The van der Waals surface area contributed by atoms with Crippen LogP contribution in [0.1, 0.15) is 85.0 Å². The van der Waals surface area contributed by atoms with Crippen LogP contribution in [0.2, 0.25) is 0 Å². The summed E-state index contributed by atoms with van der Waals surface area (Å²) in [6.45, 7) is 7.15. The molecule has 0 aromatic carbocycles. The van der Waals surface area contributed by atoms with Gasteiger partial charge in [-0.05, 0) is 32.6 Å². The Balaban J connectivity index is 4.36. The van der Waals surface area contributed by atoms with Crippen molar-refractivity contribution in [1.82, 2.24) is 0 Å². The first-order valence-electron chi connectivity index (χ1n) is 9.53. The molecule has 0 aliphatic carbocycles. The highest BCUT2D eigenvalue weighted by molar-refractivity contribution is 4.79. The molecule has 0 aromatic rings.